The standard InChI is InChI=1S/C14H20N4O2/c1-9(2)7-11-13(19)17-10(3)14(20)18(11)8-12-15-5-4-6-16-12/h4-6,9-11H,7-8H2,1-3H3,(H,17,19). The summed E-state index contributed by atoms with van der Waals surface area (Å²) >= 11 is 0. The summed E-state index contributed by atoms with van der Waals surface area (Å²) in [4.78, 5) is 34.3. The van der Waals surface area contributed by atoms with Crippen LogP contribution in [0.25, 0.3) is 0 Å². The molecule has 2 amide bonds. The van der Waals surface area contributed by atoms with Gasteiger partial charge in [0, 0.05) is 12.4 Å². The van der Waals surface area contributed by atoms with Crippen molar-refractivity contribution >= 4 is 11.8 Å². The fraction of sp³-hybridized carbons (Fsp3) is 0.571. The van der Waals surface area contributed by atoms with Crippen molar-refractivity contribution in [2.75, 3.05) is 0 Å². The molecule has 0 spiro atoms. The number of aromatic nitrogens is 2. The van der Waals surface area contributed by atoms with E-state index in [4.69, 9.17) is 0 Å². The molecule has 1 fully saturated rings. The lowest BCUT2D eigenvalue weighted by atomic mass is 9.98. The van der Waals surface area contributed by atoms with E-state index in [-0.39, 0.29) is 18.4 Å². The second kappa shape index (κ2) is 5.98. The minimum Gasteiger partial charge on any atom is -0.343 e. The number of nitrogens with zero attached hydrogens (tertiary/aromatic N) is 3. The van der Waals surface area contributed by atoms with Crippen LogP contribution >= 0.6 is 0 Å². The molecule has 20 heavy (non-hydrogen) atoms. The Labute approximate surface area is 118 Å². The van der Waals surface area contributed by atoms with Gasteiger partial charge in [-0.1, -0.05) is 13.8 Å². The van der Waals surface area contributed by atoms with Crippen molar-refractivity contribution in [2.24, 2.45) is 5.92 Å². The molecule has 1 N–H and O–H groups in total. The Bertz CT molecular complexity index is 489. The van der Waals surface area contributed by atoms with E-state index in [1.54, 1.807) is 30.3 Å². The van der Waals surface area contributed by atoms with Crippen LogP contribution in [0.3, 0.4) is 0 Å². The Kier molecular flexibility index (Phi) is 4.32. The first-order valence-electron chi connectivity index (χ1n) is 6.85. The van der Waals surface area contributed by atoms with Crippen LogP contribution in [0.15, 0.2) is 18.5 Å². The van der Waals surface area contributed by atoms with Crippen LogP contribution in [-0.4, -0.2) is 38.8 Å². The van der Waals surface area contributed by atoms with Crippen molar-refractivity contribution < 1.29 is 9.59 Å². The molecular formula is C14H20N4O2. The van der Waals surface area contributed by atoms with Crippen LogP contribution in [0.1, 0.15) is 33.0 Å². The smallest absolute Gasteiger partial charge is 0.245 e. The molecule has 0 bridgehead atoms. The summed E-state index contributed by atoms with van der Waals surface area (Å²) in [6.45, 7) is 6.04. The molecule has 1 aromatic rings. The van der Waals surface area contributed by atoms with Gasteiger partial charge >= 0.3 is 0 Å². The molecule has 2 unspecified atom stereocenters. The number of carbonyl (C=O) groups excluding carboxylic acids is 2. The highest BCUT2D eigenvalue weighted by atomic mass is 16.2. The molecule has 2 atom stereocenters. The van der Waals surface area contributed by atoms with E-state index in [0.29, 0.717) is 18.2 Å². The first-order chi connectivity index (χ1) is 9.49. The summed E-state index contributed by atoms with van der Waals surface area (Å²) in [6.07, 6.45) is 3.91. The highest BCUT2D eigenvalue weighted by molar-refractivity contribution is 5.96. The number of carbonyl (C=O) groups is 2. The number of nitrogens with one attached hydrogen (secondary N) is 1. The van der Waals surface area contributed by atoms with Crippen LogP contribution < -0.4 is 5.32 Å². The molecule has 108 valence electrons. The largest absolute Gasteiger partial charge is 0.343 e. The first kappa shape index (κ1) is 14.4. The lowest BCUT2D eigenvalue weighted by Crippen LogP contribution is -2.62. The molecule has 1 saturated heterocycles. The van der Waals surface area contributed by atoms with Crippen molar-refractivity contribution in [1.29, 1.82) is 0 Å². The third kappa shape index (κ3) is 3.12. The summed E-state index contributed by atoms with van der Waals surface area (Å²) in [5.74, 6) is 0.701. The maximum atomic E-state index is 12.3. The molecule has 6 heteroatoms. The van der Waals surface area contributed by atoms with Gasteiger partial charge in [-0.2, -0.15) is 0 Å². The maximum Gasteiger partial charge on any atom is 0.245 e. The number of piperazine rings is 1. The van der Waals surface area contributed by atoms with Crippen molar-refractivity contribution in [2.45, 2.75) is 45.8 Å². The van der Waals surface area contributed by atoms with E-state index in [1.165, 1.54) is 0 Å². The highest BCUT2D eigenvalue weighted by Gasteiger charge is 2.38. The van der Waals surface area contributed by atoms with Gasteiger partial charge in [-0.25, -0.2) is 9.97 Å². The second-order valence-electron chi connectivity index (χ2n) is 5.51. The molecule has 0 aromatic carbocycles. The highest BCUT2D eigenvalue weighted by Crippen LogP contribution is 2.19. The molecule has 1 aromatic heterocycles. The Hall–Kier alpha value is -1.98. The molecule has 0 saturated carbocycles. The molecule has 0 radical (unpaired) electrons. The minimum atomic E-state index is -0.491. The normalized spacial score (nSPS) is 23.1. The Morgan fingerprint density at radius 1 is 1.30 bits per heavy atom. The van der Waals surface area contributed by atoms with Gasteiger partial charge in [-0.05, 0) is 25.3 Å². The molecule has 1 aliphatic heterocycles. The van der Waals surface area contributed by atoms with E-state index in [0.717, 1.165) is 0 Å². The molecule has 1 aliphatic rings. The second-order valence-corrected chi connectivity index (χ2v) is 5.51. The summed E-state index contributed by atoms with van der Waals surface area (Å²) in [6, 6.07) is 0.791. The average Bonchev–Trinajstić information content (AvgIpc) is 2.41. The molecule has 6 nitrogen and oxygen atoms in total. The molecular weight excluding hydrogens is 256 g/mol. The van der Waals surface area contributed by atoms with Gasteiger partial charge in [-0.3, -0.25) is 9.59 Å². The van der Waals surface area contributed by atoms with Gasteiger partial charge < -0.3 is 10.2 Å². The predicted molar refractivity (Wildman–Crippen MR) is 73.4 cm³/mol. The van der Waals surface area contributed by atoms with E-state index < -0.39 is 12.1 Å². The fourth-order valence-corrected chi connectivity index (χ4v) is 2.35. The fourth-order valence-electron chi connectivity index (χ4n) is 2.35. The average molecular weight is 276 g/mol. The lowest BCUT2D eigenvalue weighted by molar-refractivity contribution is -0.150. The van der Waals surface area contributed by atoms with Gasteiger partial charge in [0.1, 0.15) is 17.9 Å². The number of hydrogen-bond donors (Lipinski definition) is 1. The molecule has 0 aliphatic carbocycles. The first-order valence-corrected chi connectivity index (χ1v) is 6.85. The lowest BCUT2D eigenvalue weighted by Gasteiger charge is -2.38. The van der Waals surface area contributed by atoms with Gasteiger partial charge in [0.15, 0.2) is 0 Å². The van der Waals surface area contributed by atoms with Crippen LogP contribution in [0, 0.1) is 5.92 Å². The van der Waals surface area contributed by atoms with Gasteiger partial charge in [0.05, 0.1) is 6.54 Å². The van der Waals surface area contributed by atoms with Crippen molar-refractivity contribution in [1.82, 2.24) is 20.2 Å². The Morgan fingerprint density at radius 3 is 2.55 bits per heavy atom. The summed E-state index contributed by atoms with van der Waals surface area (Å²) in [5, 5.41) is 2.73. The van der Waals surface area contributed by atoms with Crippen LogP contribution in [0.5, 0.6) is 0 Å². The number of amides is 2. The van der Waals surface area contributed by atoms with E-state index >= 15 is 0 Å². The Balaban J connectivity index is 2.22. The topological polar surface area (TPSA) is 75.2 Å². The quantitative estimate of drug-likeness (QED) is 0.880. The van der Waals surface area contributed by atoms with Gasteiger partial charge in [0.2, 0.25) is 11.8 Å². The van der Waals surface area contributed by atoms with Crippen LogP contribution in [0.4, 0.5) is 0 Å². The number of hydrogen-bond acceptors (Lipinski definition) is 4. The zero-order chi connectivity index (χ0) is 14.7. The summed E-state index contributed by atoms with van der Waals surface area (Å²) in [5.41, 5.74) is 0. The van der Waals surface area contributed by atoms with Crippen molar-refractivity contribution in [3.8, 4) is 0 Å². The molecule has 2 heterocycles. The monoisotopic (exact) mass is 276 g/mol. The van der Waals surface area contributed by atoms with Crippen LogP contribution in [0.2, 0.25) is 0 Å². The molecule has 2 rings (SSSR count). The Morgan fingerprint density at radius 2 is 1.95 bits per heavy atom. The van der Waals surface area contributed by atoms with Gasteiger partial charge in [0.25, 0.3) is 0 Å². The summed E-state index contributed by atoms with van der Waals surface area (Å²) < 4.78 is 0. The summed E-state index contributed by atoms with van der Waals surface area (Å²) in [7, 11) is 0. The number of rotatable bonds is 4. The van der Waals surface area contributed by atoms with Crippen molar-refractivity contribution in [3.05, 3.63) is 24.3 Å². The third-order valence-electron chi connectivity index (χ3n) is 3.32. The van der Waals surface area contributed by atoms with Gasteiger partial charge in [-0.15, -0.1) is 0 Å². The third-order valence-corrected chi connectivity index (χ3v) is 3.32. The minimum absolute atomic E-state index is 0.0808. The van der Waals surface area contributed by atoms with E-state index in [2.05, 4.69) is 15.3 Å². The van der Waals surface area contributed by atoms with Crippen LogP contribution in [-0.2, 0) is 16.1 Å². The predicted octanol–water partition coefficient (Wildman–Crippen LogP) is 0.738. The maximum absolute atomic E-state index is 12.3. The van der Waals surface area contributed by atoms with E-state index in [1.807, 2.05) is 13.8 Å². The zero-order valence-electron chi connectivity index (χ0n) is 12.0. The van der Waals surface area contributed by atoms with Crippen molar-refractivity contribution in [3.63, 3.8) is 0 Å². The SMILES string of the molecule is CC(C)CC1C(=O)NC(C)C(=O)N1Cc1ncccn1. The zero-order valence-corrected chi connectivity index (χ0v) is 12.0. The van der Waals surface area contributed by atoms with E-state index in [9.17, 15) is 9.59 Å².